The van der Waals surface area contributed by atoms with Crippen molar-refractivity contribution in [3.63, 3.8) is 0 Å². The van der Waals surface area contributed by atoms with E-state index in [0.717, 1.165) is 6.07 Å². The van der Waals surface area contributed by atoms with Gasteiger partial charge in [0.2, 0.25) is 0 Å². The van der Waals surface area contributed by atoms with Gasteiger partial charge in [0.05, 0.1) is 12.8 Å². The number of ether oxygens (including phenoxy) is 2. The Kier molecular flexibility index (Phi) is 6.35. The van der Waals surface area contributed by atoms with Crippen LogP contribution in [0.4, 0.5) is 19.3 Å². The Hall–Kier alpha value is -4.53. The van der Waals surface area contributed by atoms with Gasteiger partial charge >= 0.3 is 6.03 Å². The number of rotatable bonds is 6. The Morgan fingerprint density at radius 1 is 0.912 bits per heavy atom. The molecule has 7 nitrogen and oxygen atoms in total. The minimum Gasteiger partial charge on any atom is -0.493 e. The topological polar surface area (TPSA) is 84.9 Å². The number of anilines is 1. The number of amides is 4. The van der Waals surface area contributed by atoms with Crippen molar-refractivity contribution in [1.82, 2.24) is 5.32 Å². The largest absolute Gasteiger partial charge is 0.493 e. The first kappa shape index (κ1) is 22.7. The van der Waals surface area contributed by atoms with Crippen LogP contribution in [0, 0.1) is 11.6 Å². The van der Waals surface area contributed by atoms with Crippen LogP contribution in [-0.2, 0) is 16.2 Å². The number of nitrogens with one attached hydrogen (secondary N) is 1. The van der Waals surface area contributed by atoms with Crippen LogP contribution in [0.15, 0.2) is 72.3 Å². The maximum atomic E-state index is 14.2. The molecule has 1 saturated heterocycles. The summed E-state index contributed by atoms with van der Waals surface area (Å²) in [6.07, 6.45) is 1.25. The first-order chi connectivity index (χ1) is 16.4. The zero-order valence-electron chi connectivity index (χ0n) is 17.9. The predicted molar refractivity (Wildman–Crippen MR) is 119 cm³/mol. The van der Waals surface area contributed by atoms with Gasteiger partial charge in [-0.1, -0.05) is 36.4 Å². The number of halogens is 2. The minimum atomic E-state index is -1.05. The smallest absolute Gasteiger partial charge is 0.336 e. The summed E-state index contributed by atoms with van der Waals surface area (Å²) in [4.78, 5) is 38.1. The number of carbonyl (C=O) groups excluding carboxylic acids is 3. The van der Waals surface area contributed by atoms with Crippen LogP contribution in [0.1, 0.15) is 11.1 Å². The average Bonchev–Trinajstić information content (AvgIpc) is 2.82. The monoisotopic (exact) mass is 464 g/mol. The number of hydrogen-bond donors (Lipinski definition) is 1. The number of nitrogens with zero attached hydrogens (tertiary/aromatic N) is 1. The molecule has 0 aliphatic carbocycles. The van der Waals surface area contributed by atoms with Crippen LogP contribution >= 0.6 is 0 Å². The number of benzene rings is 3. The van der Waals surface area contributed by atoms with E-state index in [2.05, 4.69) is 0 Å². The van der Waals surface area contributed by atoms with Crippen LogP contribution in [0.2, 0.25) is 0 Å². The quantitative estimate of drug-likeness (QED) is 0.436. The molecule has 0 unspecified atom stereocenters. The van der Waals surface area contributed by atoms with Crippen molar-refractivity contribution < 1.29 is 32.6 Å². The summed E-state index contributed by atoms with van der Waals surface area (Å²) >= 11 is 0. The summed E-state index contributed by atoms with van der Waals surface area (Å²) in [5.74, 6) is -2.50. The zero-order valence-corrected chi connectivity index (χ0v) is 17.9. The van der Waals surface area contributed by atoms with Gasteiger partial charge in [-0.15, -0.1) is 0 Å². The SMILES string of the molecule is COc1cc(C=C2C(=O)NC(=O)N(c3ccccc3F)C2=O)ccc1OCc1ccccc1F. The van der Waals surface area contributed by atoms with E-state index in [1.807, 2.05) is 5.32 Å². The average molecular weight is 464 g/mol. The molecule has 1 aliphatic rings. The second-order valence-corrected chi connectivity index (χ2v) is 7.20. The summed E-state index contributed by atoms with van der Waals surface area (Å²) in [6.45, 7) is -0.0376. The fourth-order valence-corrected chi connectivity index (χ4v) is 3.34. The Balaban J connectivity index is 1.61. The molecule has 9 heteroatoms. The van der Waals surface area contributed by atoms with E-state index in [-0.39, 0.29) is 23.6 Å². The summed E-state index contributed by atoms with van der Waals surface area (Å²) < 4.78 is 39.0. The van der Waals surface area contributed by atoms with Crippen molar-refractivity contribution in [1.29, 1.82) is 0 Å². The van der Waals surface area contributed by atoms with Crippen molar-refractivity contribution in [2.24, 2.45) is 0 Å². The molecular formula is C25H18F2N2O5. The number of para-hydroxylation sites is 1. The summed E-state index contributed by atoms with van der Waals surface area (Å²) in [5, 5.41) is 2.04. The van der Waals surface area contributed by atoms with Gasteiger partial charge in [0, 0.05) is 5.56 Å². The van der Waals surface area contributed by atoms with Crippen molar-refractivity contribution in [2.75, 3.05) is 12.0 Å². The minimum absolute atomic E-state index is 0.0376. The molecule has 3 aromatic carbocycles. The lowest BCUT2D eigenvalue weighted by Gasteiger charge is -2.26. The molecule has 0 bridgehead atoms. The maximum Gasteiger partial charge on any atom is 0.336 e. The Labute approximate surface area is 193 Å². The molecule has 1 heterocycles. The first-order valence-electron chi connectivity index (χ1n) is 10.1. The van der Waals surface area contributed by atoms with Gasteiger partial charge in [0.15, 0.2) is 11.5 Å². The lowest BCUT2D eigenvalue weighted by Crippen LogP contribution is -2.54. The number of hydrogen-bond acceptors (Lipinski definition) is 5. The summed E-state index contributed by atoms with van der Waals surface area (Å²) in [7, 11) is 1.40. The fraction of sp³-hybridized carbons (Fsp3) is 0.0800. The van der Waals surface area contributed by atoms with E-state index in [0.29, 0.717) is 21.8 Å². The normalized spacial score (nSPS) is 14.9. The van der Waals surface area contributed by atoms with Crippen LogP contribution < -0.4 is 19.7 Å². The third-order valence-corrected chi connectivity index (χ3v) is 5.03. The molecule has 0 radical (unpaired) electrons. The number of carbonyl (C=O) groups is 3. The maximum absolute atomic E-state index is 14.2. The second kappa shape index (κ2) is 9.53. The number of barbiturate groups is 1. The summed E-state index contributed by atoms with van der Waals surface area (Å²) in [6, 6.07) is 15.0. The van der Waals surface area contributed by atoms with E-state index in [9.17, 15) is 23.2 Å². The Morgan fingerprint density at radius 3 is 2.32 bits per heavy atom. The third kappa shape index (κ3) is 4.49. The van der Waals surface area contributed by atoms with Gasteiger partial charge < -0.3 is 9.47 Å². The number of imide groups is 2. The molecule has 0 atom stereocenters. The highest BCUT2D eigenvalue weighted by atomic mass is 19.1. The molecule has 4 amide bonds. The van der Waals surface area contributed by atoms with Crippen molar-refractivity contribution >= 4 is 29.6 Å². The Bertz CT molecular complexity index is 1320. The molecule has 1 N–H and O–H groups in total. The molecule has 0 aromatic heterocycles. The van der Waals surface area contributed by atoms with Crippen LogP contribution in [-0.4, -0.2) is 25.0 Å². The standard InChI is InChI=1S/C25H18F2N2O5/c1-33-22-13-15(10-11-21(22)34-14-16-6-2-3-7-18(16)26)12-17-23(30)28-25(32)29(24(17)31)20-9-5-4-8-19(20)27/h2-13H,14H2,1H3,(H,28,30,32). The van der Waals surface area contributed by atoms with E-state index >= 15 is 0 Å². The Morgan fingerprint density at radius 2 is 1.62 bits per heavy atom. The predicted octanol–water partition coefficient (Wildman–Crippen LogP) is 4.22. The van der Waals surface area contributed by atoms with Crippen molar-refractivity contribution in [3.8, 4) is 11.5 Å². The number of methoxy groups -OCH3 is 1. The van der Waals surface area contributed by atoms with Gasteiger partial charge in [-0.05, 0) is 42.0 Å². The van der Waals surface area contributed by atoms with Crippen LogP contribution in [0.3, 0.4) is 0 Å². The molecule has 0 spiro atoms. The molecule has 3 aromatic rings. The molecule has 0 saturated carbocycles. The zero-order chi connectivity index (χ0) is 24.2. The molecular weight excluding hydrogens is 446 g/mol. The lowest BCUT2D eigenvalue weighted by molar-refractivity contribution is -0.122. The second-order valence-electron chi connectivity index (χ2n) is 7.20. The van der Waals surface area contributed by atoms with Gasteiger partial charge in [0.25, 0.3) is 11.8 Å². The summed E-state index contributed by atoms with van der Waals surface area (Å²) in [5.41, 5.74) is 0.0948. The first-order valence-corrected chi connectivity index (χ1v) is 10.1. The van der Waals surface area contributed by atoms with Gasteiger partial charge in [-0.25, -0.2) is 18.5 Å². The molecule has 1 aliphatic heterocycles. The fourth-order valence-electron chi connectivity index (χ4n) is 3.34. The molecule has 4 rings (SSSR count). The van der Waals surface area contributed by atoms with Gasteiger partial charge in [0.1, 0.15) is 23.8 Å². The van der Waals surface area contributed by atoms with Gasteiger partial charge in [-0.3, -0.25) is 14.9 Å². The van der Waals surface area contributed by atoms with Crippen molar-refractivity contribution in [3.05, 3.63) is 95.1 Å². The van der Waals surface area contributed by atoms with Crippen molar-refractivity contribution in [2.45, 2.75) is 6.61 Å². The highest BCUT2D eigenvalue weighted by Crippen LogP contribution is 2.31. The lowest BCUT2D eigenvalue weighted by atomic mass is 10.1. The van der Waals surface area contributed by atoms with Crippen LogP contribution in [0.25, 0.3) is 6.08 Å². The van der Waals surface area contributed by atoms with E-state index < -0.39 is 29.5 Å². The van der Waals surface area contributed by atoms with E-state index in [4.69, 9.17) is 9.47 Å². The molecule has 34 heavy (non-hydrogen) atoms. The van der Waals surface area contributed by atoms with E-state index in [1.165, 1.54) is 49.6 Å². The third-order valence-electron chi connectivity index (χ3n) is 5.03. The van der Waals surface area contributed by atoms with Gasteiger partial charge in [-0.2, -0.15) is 0 Å². The number of urea groups is 1. The molecule has 1 fully saturated rings. The van der Waals surface area contributed by atoms with Crippen LogP contribution in [0.5, 0.6) is 11.5 Å². The molecule has 172 valence electrons. The highest BCUT2D eigenvalue weighted by molar-refractivity contribution is 6.39. The van der Waals surface area contributed by atoms with E-state index in [1.54, 1.807) is 24.3 Å². The highest BCUT2D eigenvalue weighted by Gasteiger charge is 2.37.